The number of benzene rings is 1. The van der Waals surface area contributed by atoms with Gasteiger partial charge < -0.3 is 4.74 Å². The Morgan fingerprint density at radius 2 is 1.88 bits per heavy atom. The fourth-order valence-corrected chi connectivity index (χ4v) is 3.17. The lowest BCUT2D eigenvalue weighted by molar-refractivity contribution is 0.0844. The molecule has 0 atom stereocenters. The minimum absolute atomic E-state index is 0.234. The van der Waals surface area contributed by atoms with Crippen LogP contribution in [-0.2, 0) is 0 Å². The van der Waals surface area contributed by atoms with E-state index in [9.17, 15) is 9.59 Å². The second kappa shape index (κ2) is 7.49. The van der Waals surface area contributed by atoms with E-state index in [0.29, 0.717) is 11.3 Å². The van der Waals surface area contributed by atoms with Gasteiger partial charge in [-0.2, -0.15) is 5.10 Å². The van der Waals surface area contributed by atoms with Gasteiger partial charge in [0.15, 0.2) is 0 Å². The summed E-state index contributed by atoms with van der Waals surface area (Å²) < 4.78 is 5.94. The van der Waals surface area contributed by atoms with Crippen LogP contribution in [-0.4, -0.2) is 29.1 Å². The van der Waals surface area contributed by atoms with E-state index in [1.54, 1.807) is 24.6 Å². The van der Waals surface area contributed by atoms with Crippen LogP contribution in [0.2, 0.25) is 0 Å². The van der Waals surface area contributed by atoms with Crippen molar-refractivity contribution in [3.8, 4) is 17.0 Å². The summed E-state index contributed by atoms with van der Waals surface area (Å²) in [7, 11) is 1.59. The lowest BCUT2D eigenvalue weighted by Crippen LogP contribution is -2.41. The second-order valence-corrected chi connectivity index (χ2v) is 7.23. The van der Waals surface area contributed by atoms with Gasteiger partial charge in [0.1, 0.15) is 11.4 Å². The quantitative estimate of drug-likeness (QED) is 0.565. The molecule has 1 aromatic carbocycles. The number of carbonyl (C=O) groups is 2. The number of amides is 2. The maximum absolute atomic E-state index is 12.1. The van der Waals surface area contributed by atoms with Crippen LogP contribution in [0.5, 0.6) is 5.75 Å². The number of H-pyrrole nitrogens is 1. The van der Waals surface area contributed by atoms with Crippen molar-refractivity contribution < 1.29 is 14.3 Å². The molecule has 3 aromatic rings. The van der Waals surface area contributed by atoms with Crippen LogP contribution in [0.15, 0.2) is 45.6 Å². The van der Waals surface area contributed by atoms with Crippen LogP contribution >= 0.6 is 27.3 Å². The average Bonchev–Trinajstić information content (AvgIpc) is 3.29. The number of thiophene rings is 1. The molecule has 7 nitrogen and oxygen atoms in total. The van der Waals surface area contributed by atoms with Gasteiger partial charge in [-0.15, -0.1) is 11.3 Å². The number of aromatic nitrogens is 2. The Kier molecular flexibility index (Phi) is 5.15. The summed E-state index contributed by atoms with van der Waals surface area (Å²) >= 11 is 4.67. The van der Waals surface area contributed by atoms with Crippen molar-refractivity contribution in [2.75, 3.05) is 7.11 Å². The Balaban J connectivity index is 1.63. The van der Waals surface area contributed by atoms with Crippen molar-refractivity contribution >= 4 is 39.1 Å². The number of nitrogens with one attached hydrogen (secondary N) is 3. The molecular weight excluding hydrogens is 408 g/mol. The molecule has 128 valence electrons. The predicted molar refractivity (Wildman–Crippen MR) is 97.5 cm³/mol. The molecule has 0 saturated heterocycles. The Morgan fingerprint density at radius 3 is 2.52 bits per heavy atom. The molecular formula is C16H13BrN4O3S. The monoisotopic (exact) mass is 420 g/mol. The maximum atomic E-state index is 12.1. The number of carbonyl (C=O) groups excluding carboxylic acids is 2. The summed E-state index contributed by atoms with van der Waals surface area (Å²) in [5.74, 6) is -0.153. The minimum Gasteiger partial charge on any atom is -0.497 e. The summed E-state index contributed by atoms with van der Waals surface area (Å²) in [6, 6.07) is 10.6. The summed E-state index contributed by atoms with van der Waals surface area (Å²) in [6.07, 6.45) is 0. The number of aromatic amines is 1. The van der Waals surface area contributed by atoms with E-state index in [2.05, 4.69) is 37.0 Å². The molecule has 0 aliphatic carbocycles. The molecule has 0 aliphatic rings. The fraction of sp³-hybridized carbons (Fsp3) is 0.0625. The van der Waals surface area contributed by atoms with E-state index in [4.69, 9.17) is 4.74 Å². The molecule has 3 N–H and O–H groups in total. The van der Waals surface area contributed by atoms with Crippen LogP contribution in [0.4, 0.5) is 0 Å². The normalized spacial score (nSPS) is 10.3. The number of ether oxygens (including phenoxy) is 1. The van der Waals surface area contributed by atoms with Gasteiger partial charge in [0.2, 0.25) is 0 Å². The Labute approximate surface area is 155 Å². The van der Waals surface area contributed by atoms with Crippen LogP contribution < -0.4 is 15.6 Å². The van der Waals surface area contributed by atoms with Gasteiger partial charge in [-0.25, -0.2) is 0 Å². The Bertz CT molecular complexity index is 904. The molecule has 0 radical (unpaired) electrons. The smallest absolute Gasteiger partial charge is 0.287 e. The van der Waals surface area contributed by atoms with Crippen molar-refractivity contribution in [2.24, 2.45) is 0 Å². The fourth-order valence-electron chi connectivity index (χ4n) is 2.03. The molecule has 9 heteroatoms. The number of hydrazine groups is 1. The predicted octanol–water partition coefficient (Wildman–Crippen LogP) is 2.98. The summed E-state index contributed by atoms with van der Waals surface area (Å²) in [6.45, 7) is 0. The van der Waals surface area contributed by atoms with Gasteiger partial charge in [-0.05, 0) is 52.3 Å². The van der Waals surface area contributed by atoms with E-state index >= 15 is 0 Å². The number of halogens is 1. The van der Waals surface area contributed by atoms with Crippen LogP contribution in [0.25, 0.3) is 11.3 Å². The van der Waals surface area contributed by atoms with Crippen LogP contribution in [0, 0.1) is 0 Å². The third kappa shape index (κ3) is 4.06. The lowest BCUT2D eigenvalue weighted by Gasteiger charge is -2.04. The molecule has 0 spiro atoms. The highest BCUT2D eigenvalue weighted by Gasteiger charge is 2.13. The first-order valence-corrected chi connectivity index (χ1v) is 8.78. The zero-order chi connectivity index (χ0) is 17.8. The molecule has 2 heterocycles. The molecule has 0 saturated carbocycles. The third-order valence-corrected chi connectivity index (χ3v) is 4.83. The number of methoxy groups -OCH3 is 1. The number of nitrogens with zero attached hydrogens (tertiary/aromatic N) is 1. The first kappa shape index (κ1) is 17.2. The van der Waals surface area contributed by atoms with E-state index < -0.39 is 11.8 Å². The first-order chi connectivity index (χ1) is 12.1. The topological polar surface area (TPSA) is 96.1 Å². The lowest BCUT2D eigenvalue weighted by atomic mass is 10.1. The van der Waals surface area contributed by atoms with E-state index in [-0.39, 0.29) is 5.69 Å². The molecule has 2 amide bonds. The summed E-state index contributed by atoms with van der Waals surface area (Å²) in [5.41, 5.74) is 6.85. The largest absolute Gasteiger partial charge is 0.497 e. The van der Waals surface area contributed by atoms with Crippen LogP contribution in [0.1, 0.15) is 20.8 Å². The SMILES string of the molecule is COc1ccc(-c2cc(C(=O)NNC(=O)c3csc(Br)c3)[nH]n2)cc1. The summed E-state index contributed by atoms with van der Waals surface area (Å²) in [4.78, 5) is 24.0. The van der Waals surface area contributed by atoms with Crippen LogP contribution in [0.3, 0.4) is 0 Å². The molecule has 0 bridgehead atoms. The van der Waals surface area contributed by atoms with Gasteiger partial charge >= 0.3 is 0 Å². The zero-order valence-electron chi connectivity index (χ0n) is 13.0. The minimum atomic E-state index is -0.491. The van der Waals surface area contributed by atoms with E-state index in [1.165, 1.54) is 11.3 Å². The highest BCUT2D eigenvalue weighted by molar-refractivity contribution is 9.11. The molecule has 25 heavy (non-hydrogen) atoms. The Morgan fingerprint density at radius 1 is 1.16 bits per heavy atom. The van der Waals surface area contributed by atoms with Gasteiger partial charge in [0.05, 0.1) is 22.2 Å². The highest BCUT2D eigenvalue weighted by atomic mass is 79.9. The van der Waals surface area contributed by atoms with Gasteiger partial charge in [-0.3, -0.25) is 25.5 Å². The number of hydrogen-bond acceptors (Lipinski definition) is 5. The number of rotatable bonds is 4. The maximum Gasteiger partial charge on any atom is 0.287 e. The van der Waals surface area contributed by atoms with Gasteiger partial charge in [0.25, 0.3) is 11.8 Å². The van der Waals surface area contributed by atoms with Gasteiger partial charge in [-0.1, -0.05) is 0 Å². The van der Waals surface area contributed by atoms with Crippen molar-refractivity contribution in [1.82, 2.24) is 21.0 Å². The first-order valence-electron chi connectivity index (χ1n) is 7.11. The second-order valence-electron chi connectivity index (χ2n) is 4.94. The standard InChI is InChI=1S/C16H13BrN4O3S/c1-24-11-4-2-9(3-5-11)12-7-13(19-18-12)16(23)21-20-15(22)10-6-14(17)25-8-10/h2-8H,1H3,(H,18,19)(H,20,22)(H,21,23). The zero-order valence-corrected chi connectivity index (χ0v) is 15.4. The van der Waals surface area contributed by atoms with Crippen molar-refractivity contribution in [3.63, 3.8) is 0 Å². The molecule has 2 aromatic heterocycles. The highest BCUT2D eigenvalue weighted by Crippen LogP contribution is 2.21. The molecule has 0 fully saturated rings. The van der Waals surface area contributed by atoms with Crippen molar-refractivity contribution in [1.29, 1.82) is 0 Å². The molecule has 0 unspecified atom stereocenters. The van der Waals surface area contributed by atoms with Gasteiger partial charge in [0, 0.05) is 10.9 Å². The summed E-state index contributed by atoms with van der Waals surface area (Å²) in [5, 5.41) is 8.44. The average molecular weight is 421 g/mol. The van der Waals surface area contributed by atoms with Crippen molar-refractivity contribution in [2.45, 2.75) is 0 Å². The van der Waals surface area contributed by atoms with E-state index in [0.717, 1.165) is 15.1 Å². The number of hydrogen-bond donors (Lipinski definition) is 3. The Hall–Kier alpha value is -2.65. The van der Waals surface area contributed by atoms with Crippen molar-refractivity contribution in [3.05, 3.63) is 56.8 Å². The third-order valence-electron chi connectivity index (χ3n) is 3.33. The molecule has 3 rings (SSSR count). The van der Waals surface area contributed by atoms with E-state index in [1.807, 2.05) is 24.3 Å². The molecule has 0 aliphatic heterocycles.